The molecule has 112 heavy (non-hydrogen) atoms. The second-order valence-corrected chi connectivity index (χ2v) is 27.9. The van der Waals surface area contributed by atoms with Crippen molar-refractivity contribution in [3.05, 3.63) is 103 Å². The molecule has 0 spiro atoms. The van der Waals surface area contributed by atoms with E-state index in [1.165, 1.54) is 44.9 Å². The Morgan fingerprint density at radius 3 is 1.50 bits per heavy atom. The zero-order chi connectivity index (χ0) is 81.8. The largest absolute Gasteiger partial charge is 1.00 e. The van der Waals surface area contributed by atoms with Crippen LogP contribution in [0.2, 0.25) is 10.4 Å². The van der Waals surface area contributed by atoms with Crippen LogP contribution in [0, 0.1) is 25.2 Å². The second kappa shape index (κ2) is 73.9. The number of aromatic nitrogens is 8. The fourth-order valence-electron chi connectivity index (χ4n) is 9.74. The van der Waals surface area contributed by atoms with Gasteiger partial charge in [-0.3, -0.25) is 9.97 Å². The van der Waals surface area contributed by atoms with Crippen LogP contribution in [-0.2, 0) is 11.3 Å². The van der Waals surface area contributed by atoms with Gasteiger partial charge in [-0.2, -0.15) is 9.97 Å². The topological polar surface area (TPSA) is 394 Å². The Kier molecular flexibility index (Phi) is 77.1. The van der Waals surface area contributed by atoms with Crippen LogP contribution < -0.4 is 61.5 Å². The van der Waals surface area contributed by atoms with Gasteiger partial charge in [0.25, 0.3) is 0 Å². The SMILES string of the molecule is C.C.CCCCC(C)C(C)O.CCCCC(C)C=O.CCCCC(N)C(C)O.CCCCC(Nc1nc(N)nc2ccccc12)C(C)O.CCCCC(Nc1nc(NCc2ccc(OC)cc2OC)nc2cccnc12)C(C)O.CCCC[C@H](C)CO.CCCC[C@H](N)CO.CCO.Clc1nc(Cl)c2ncccc2n1.[CH3-].[Li+]. The number of fused-ring (bicyclic) bond motifs is 3. The Balaban J connectivity index is -0.000000302. The minimum absolute atomic E-state index is 0. The first kappa shape index (κ1) is 117. The molecule has 0 amide bonds. The first-order valence-corrected chi connectivity index (χ1v) is 40.0. The van der Waals surface area contributed by atoms with Gasteiger partial charge in [0.1, 0.15) is 34.6 Å². The summed E-state index contributed by atoms with van der Waals surface area (Å²) in [4.78, 5) is 43.9. The summed E-state index contributed by atoms with van der Waals surface area (Å²) in [5.41, 5.74) is 21.1. The maximum absolute atomic E-state index is 10.2. The number of halogens is 2. The quantitative estimate of drug-likeness (QED) is 0.00565. The van der Waals surface area contributed by atoms with Gasteiger partial charge >= 0.3 is 18.9 Å². The Labute approximate surface area is 698 Å². The van der Waals surface area contributed by atoms with Crippen molar-refractivity contribution < 1.29 is 68.9 Å². The molecule has 0 aliphatic rings. The number of unbranched alkanes of at least 4 members (excludes halogenated alkanes) is 7. The molecule has 0 bridgehead atoms. The monoisotopic (exact) mass is 1610 g/mol. The number of nitrogens with two attached hydrogens (primary N) is 3. The van der Waals surface area contributed by atoms with E-state index in [1.54, 1.807) is 66.4 Å². The summed E-state index contributed by atoms with van der Waals surface area (Å²) in [6.07, 6.45) is 26.1. The van der Waals surface area contributed by atoms with Crippen molar-refractivity contribution in [1.29, 1.82) is 0 Å². The molecular formula is C85H153Cl2LiN14O10. The van der Waals surface area contributed by atoms with Crippen molar-refractivity contribution in [2.75, 3.05) is 55.7 Å². The zero-order valence-electron chi connectivity index (χ0n) is 70.5. The van der Waals surface area contributed by atoms with Crippen molar-refractivity contribution in [3.8, 4) is 11.5 Å². The molecule has 27 heteroatoms. The van der Waals surface area contributed by atoms with E-state index in [9.17, 15) is 15.0 Å². The number of pyridine rings is 2. The van der Waals surface area contributed by atoms with Gasteiger partial charge in [-0.1, -0.05) is 198 Å². The number of hydrogen-bond donors (Lipinski definition) is 13. The fourth-order valence-corrected chi connectivity index (χ4v) is 10.2. The average molecular weight is 1610 g/mol. The van der Waals surface area contributed by atoms with Gasteiger partial charge in [-0.05, 0) is 152 Å². The number of ether oxygens (including phenoxy) is 2. The van der Waals surface area contributed by atoms with Crippen molar-refractivity contribution in [1.82, 2.24) is 39.9 Å². The molecule has 2 aromatic carbocycles. The Morgan fingerprint density at radius 2 is 1.01 bits per heavy atom. The van der Waals surface area contributed by atoms with Gasteiger partial charge in [-0.25, -0.2) is 19.9 Å². The van der Waals surface area contributed by atoms with Gasteiger partial charge in [0.05, 0.1) is 73.9 Å². The molecule has 0 aliphatic heterocycles. The molecule has 0 radical (unpaired) electrons. The third kappa shape index (κ3) is 54.0. The number of methoxy groups -OCH3 is 2. The van der Waals surface area contributed by atoms with E-state index in [-0.39, 0.29) is 113 Å². The number of aliphatic hydroxyl groups excluding tert-OH is 7. The van der Waals surface area contributed by atoms with Crippen molar-refractivity contribution in [2.45, 2.75) is 309 Å². The number of carbonyl (C=O) groups is 1. The predicted molar refractivity (Wildman–Crippen MR) is 470 cm³/mol. The molecule has 0 fully saturated rings. The standard InChI is InChI=1S/C23H31N5O3.C15H22N4O.C8H18O.C7H3Cl2N3.C7H17NO.C7H16O.C7H14O.C6H15NO.C2H6O.2CH4.CH3.Li/c1-5-6-8-18(15(2)29)26-22-21-19(9-7-12-24-21)27-23(28-22)25-14-16-10-11-17(30-3)13-20(16)31-4;1-3-4-8-12(10(2)20)17-14-11-7-5-6-9-13(11)18-15(16)19-14;1-4-5-6-7(2)8(3)9;8-6-5-4(2-1-3-10-5)11-7(9)12-6;1-3-4-5-7(8)6(2)9;2*1-3-4-5-7(2)6-8;1-2-3-4-6(7)5-8;1-2-3;;;;/h7,9-13,15,18,29H,5-6,8,14H2,1-4H3,(H2,25,26,27,28);5-7,9-10,12,20H,3-4,8H2,1-2H3,(H3,16,17,18,19);7-9H,4-6H2,1-3H3;1-3H;6-7,9H,3-5,8H2,1-2H3;7-8H,3-6H2,1-2H3;6-7H,3-5H2,1-2H3;6,8H,2-5,7H2,1H3;3H,2H2,1H3;2*1H4;1H3;/q;;;;;;;;;;;-1;+1/t;;;;;7-;;6-;;;;;/m.....0.0...../s1. The van der Waals surface area contributed by atoms with Crippen molar-refractivity contribution in [3.63, 3.8) is 0 Å². The van der Waals surface area contributed by atoms with Crippen LogP contribution in [0.15, 0.2) is 79.1 Å². The number of nitrogens with zero attached hydrogens (tertiary/aromatic N) is 8. The predicted octanol–water partition coefficient (Wildman–Crippen LogP) is 15.0. The number of nitrogen functional groups attached to an aromatic ring is 1. The Morgan fingerprint density at radius 1 is 0.527 bits per heavy atom. The minimum Gasteiger partial charge on any atom is -0.497 e. The number of nitrogens with one attached hydrogen (secondary N) is 3. The van der Waals surface area contributed by atoms with E-state index in [2.05, 4.69) is 118 Å². The van der Waals surface area contributed by atoms with Gasteiger partial charge in [0.15, 0.2) is 11.0 Å². The van der Waals surface area contributed by atoms with Crippen LogP contribution in [0.4, 0.5) is 23.5 Å². The maximum Gasteiger partial charge on any atom is 1.00 e. The van der Waals surface area contributed by atoms with E-state index in [1.807, 2.05) is 68.4 Å². The summed E-state index contributed by atoms with van der Waals surface area (Å²) in [6.45, 7) is 31.2. The molecule has 0 saturated carbocycles. The van der Waals surface area contributed by atoms with Crippen molar-refractivity contribution in [2.24, 2.45) is 29.2 Å². The van der Waals surface area contributed by atoms with E-state index < -0.39 is 12.2 Å². The maximum atomic E-state index is 10.2. The number of anilines is 4. The van der Waals surface area contributed by atoms with Gasteiger partial charge in [0.2, 0.25) is 17.2 Å². The smallest absolute Gasteiger partial charge is 0.497 e. The summed E-state index contributed by atoms with van der Waals surface area (Å²) in [7, 11) is 3.25. The van der Waals surface area contributed by atoms with E-state index in [0.29, 0.717) is 59.1 Å². The number of aldehydes is 1. The summed E-state index contributed by atoms with van der Waals surface area (Å²) >= 11 is 11.4. The molecule has 0 saturated heterocycles. The van der Waals surface area contributed by atoms with Crippen LogP contribution in [0.5, 0.6) is 11.5 Å². The normalized spacial score (nSPS) is 13.1. The first-order valence-electron chi connectivity index (χ1n) is 39.2. The zero-order valence-corrected chi connectivity index (χ0v) is 72.0. The molecule has 11 atom stereocenters. The second-order valence-electron chi connectivity index (χ2n) is 27.2. The molecule has 638 valence electrons. The number of aliphatic hydroxyl groups is 7. The number of para-hydroxylation sites is 1. The van der Waals surface area contributed by atoms with Crippen LogP contribution in [0.1, 0.15) is 259 Å². The van der Waals surface area contributed by atoms with Crippen LogP contribution in [0.25, 0.3) is 33.0 Å². The molecule has 7 aromatic rings. The summed E-state index contributed by atoms with van der Waals surface area (Å²) in [5, 5.41) is 74.0. The van der Waals surface area contributed by atoms with Crippen LogP contribution in [-0.4, -0.2) is 165 Å². The molecule has 7 rings (SSSR count). The average Bonchev–Trinajstić information content (AvgIpc) is 0.822. The summed E-state index contributed by atoms with van der Waals surface area (Å²) in [6, 6.07) is 20.5. The molecule has 5 aromatic heterocycles. The number of rotatable bonds is 37. The Bertz CT molecular complexity index is 3310. The summed E-state index contributed by atoms with van der Waals surface area (Å²) in [5.74, 6) is 4.73. The van der Waals surface area contributed by atoms with Gasteiger partial charge in [0, 0.05) is 67.2 Å². The minimum atomic E-state index is -0.514. The molecular weight excluding hydrogens is 1450 g/mol. The summed E-state index contributed by atoms with van der Waals surface area (Å²) < 4.78 is 10.7. The molecule has 0 aliphatic carbocycles. The van der Waals surface area contributed by atoms with E-state index >= 15 is 0 Å². The van der Waals surface area contributed by atoms with Gasteiger partial charge < -0.3 is 90.6 Å². The van der Waals surface area contributed by atoms with Crippen molar-refractivity contribution >= 4 is 86.0 Å². The molecule has 24 nitrogen and oxygen atoms in total. The number of hydrogen-bond acceptors (Lipinski definition) is 24. The third-order valence-electron chi connectivity index (χ3n) is 17.1. The number of benzene rings is 2. The van der Waals surface area contributed by atoms with Gasteiger partial charge in [-0.15, -0.1) is 0 Å². The van der Waals surface area contributed by atoms with E-state index in [0.717, 1.165) is 130 Å². The van der Waals surface area contributed by atoms with E-state index in [4.69, 9.17) is 75.4 Å². The fraction of sp³-hybridized carbons (Fsp3) is 0.647. The Hall–Kier alpha value is -5.95. The number of carbonyl (C=O) groups excluding carboxylic acids is 1. The van der Waals surface area contributed by atoms with Crippen LogP contribution in [0.3, 0.4) is 0 Å². The third-order valence-corrected chi connectivity index (χ3v) is 17.5. The molecule has 9 unspecified atom stereocenters. The first-order chi connectivity index (χ1) is 51.6. The molecule has 16 N–H and O–H groups in total. The van der Waals surface area contributed by atoms with Crippen LogP contribution >= 0.6 is 23.2 Å². The molecule has 5 heterocycles.